The van der Waals surface area contributed by atoms with Crippen LogP contribution >= 0.6 is 0 Å². The summed E-state index contributed by atoms with van der Waals surface area (Å²) in [6.07, 6.45) is 14.9. The highest BCUT2D eigenvalue weighted by molar-refractivity contribution is 5.91. The topological polar surface area (TPSA) is 141 Å². The lowest BCUT2D eigenvalue weighted by Crippen LogP contribution is -2.49. The van der Waals surface area contributed by atoms with Crippen LogP contribution in [0.4, 0.5) is 22.4 Å². The van der Waals surface area contributed by atoms with Gasteiger partial charge in [0.1, 0.15) is 17.5 Å². The monoisotopic (exact) mass is 639 g/mol. The van der Waals surface area contributed by atoms with E-state index in [1.807, 2.05) is 73.0 Å². The molecule has 1 aliphatic heterocycles. The van der Waals surface area contributed by atoms with Gasteiger partial charge in [-0.05, 0) is 67.0 Å². The van der Waals surface area contributed by atoms with E-state index in [2.05, 4.69) is 42.7 Å². The highest BCUT2D eigenvalue weighted by Gasteiger charge is 2.31. The third kappa shape index (κ3) is 6.80. The van der Waals surface area contributed by atoms with E-state index in [-0.39, 0.29) is 18.1 Å². The molecule has 1 aromatic carbocycles. The van der Waals surface area contributed by atoms with E-state index in [0.29, 0.717) is 36.2 Å². The number of hydrogen-bond donors (Lipinski definition) is 2. The van der Waals surface area contributed by atoms with Crippen LogP contribution in [-0.2, 0) is 26.6 Å². The Morgan fingerprint density at radius 3 is 2.58 bits per heavy atom. The highest BCUT2D eigenvalue weighted by Crippen LogP contribution is 2.31. The van der Waals surface area contributed by atoms with Gasteiger partial charge in [-0.25, -0.2) is 14.8 Å². The Balaban J connectivity index is 1.04. The van der Waals surface area contributed by atoms with Crippen LogP contribution in [0.15, 0.2) is 85.7 Å². The van der Waals surface area contributed by atoms with E-state index >= 15 is 0 Å². The molecular formula is C36H37N11O. The van der Waals surface area contributed by atoms with E-state index in [4.69, 9.17) is 9.97 Å². The van der Waals surface area contributed by atoms with Crippen molar-refractivity contribution in [2.45, 2.75) is 57.3 Å². The fourth-order valence-electron chi connectivity index (χ4n) is 6.57. The summed E-state index contributed by atoms with van der Waals surface area (Å²) >= 11 is 0. The first kappa shape index (κ1) is 30.8. The van der Waals surface area contributed by atoms with Gasteiger partial charge in [0.25, 0.3) is 0 Å². The number of benzene rings is 1. The van der Waals surface area contributed by atoms with Crippen LogP contribution < -0.4 is 20.4 Å². The van der Waals surface area contributed by atoms with Gasteiger partial charge in [-0.15, -0.1) is 0 Å². The van der Waals surface area contributed by atoms with Gasteiger partial charge in [-0.2, -0.15) is 15.3 Å². The fraction of sp³-hybridized carbons (Fsp3) is 0.306. The number of nitrogens with zero attached hydrogens (tertiary/aromatic N) is 9. The minimum absolute atomic E-state index is 0.0324. The molecule has 12 heteroatoms. The first-order chi connectivity index (χ1) is 23.5. The van der Waals surface area contributed by atoms with Gasteiger partial charge in [0.2, 0.25) is 5.95 Å². The van der Waals surface area contributed by atoms with Crippen molar-refractivity contribution in [3.8, 4) is 17.2 Å². The number of rotatable bonds is 8. The predicted octanol–water partition coefficient (Wildman–Crippen LogP) is 5.24. The molecule has 0 unspecified atom stereocenters. The fourth-order valence-corrected chi connectivity index (χ4v) is 6.57. The standard InChI is InChI=1S/C36H37N11O/c1-45-23-30(22-42-45)27-7-12-33(39-20-27)47(36(48)41-18-25-5-3-2-4-6-25)32-10-8-31(9-11-32)43-35-40-21-28(17-37)34(44-35)46-16-14-26-13-15-38-19-29(26)24-46/h2-7,12-13,15,19-23,31-32H,8-11,14,16,18,24H2,1H3,(H,41,48)(H,40,43,44). The Hall–Kier alpha value is -5.83. The lowest BCUT2D eigenvalue weighted by atomic mass is 9.90. The summed E-state index contributed by atoms with van der Waals surface area (Å²) in [5.74, 6) is 1.76. The maximum atomic E-state index is 13.8. The van der Waals surface area contributed by atoms with E-state index in [9.17, 15) is 10.1 Å². The van der Waals surface area contributed by atoms with Crippen molar-refractivity contribution in [3.05, 3.63) is 108 Å². The summed E-state index contributed by atoms with van der Waals surface area (Å²) in [6.45, 7) is 1.85. The van der Waals surface area contributed by atoms with Crippen molar-refractivity contribution in [3.63, 3.8) is 0 Å². The molecule has 2 amide bonds. The molecule has 0 radical (unpaired) electrons. The number of hydrogen-bond acceptors (Lipinski definition) is 9. The zero-order valence-corrected chi connectivity index (χ0v) is 26.8. The van der Waals surface area contributed by atoms with Gasteiger partial charge in [-0.1, -0.05) is 30.3 Å². The van der Waals surface area contributed by atoms with Gasteiger partial charge in [0, 0.05) is 74.7 Å². The normalized spacial score (nSPS) is 17.2. The van der Waals surface area contributed by atoms with Crippen LogP contribution in [0.1, 0.15) is 47.9 Å². The smallest absolute Gasteiger partial charge is 0.323 e. The minimum atomic E-state index is -0.171. The molecule has 2 aliphatic rings. The van der Waals surface area contributed by atoms with Gasteiger partial charge in [0.05, 0.1) is 12.4 Å². The number of aromatic nitrogens is 6. The summed E-state index contributed by atoms with van der Waals surface area (Å²) in [4.78, 5) is 36.0. The Kier molecular flexibility index (Phi) is 8.91. The molecule has 0 saturated heterocycles. The van der Waals surface area contributed by atoms with E-state index in [1.165, 1.54) is 5.56 Å². The van der Waals surface area contributed by atoms with E-state index in [1.54, 1.807) is 23.3 Å². The van der Waals surface area contributed by atoms with E-state index < -0.39 is 0 Å². The summed E-state index contributed by atoms with van der Waals surface area (Å²) < 4.78 is 1.76. The number of fused-ring (bicyclic) bond motifs is 1. The quantitative estimate of drug-likeness (QED) is 0.233. The van der Waals surface area contributed by atoms with Crippen molar-refractivity contribution in [1.82, 2.24) is 35.0 Å². The highest BCUT2D eigenvalue weighted by atomic mass is 16.2. The third-order valence-electron chi connectivity index (χ3n) is 9.14. The van der Waals surface area contributed by atoms with Crippen molar-refractivity contribution >= 4 is 23.6 Å². The van der Waals surface area contributed by atoms with Crippen LogP contribution in [0.5, 0.6) is 0 Å². The molecule has 0 atom stereocenters. The molecule has 1 saturated carbocycles. The predicted molar refractivity (Wildman–Crippen MR) is 183 cm³/mol. The summed E-state index contributed by atoms with van der Waals surface area (Å²) in [6, 6.07) is 18.0. The molecule has 2 N–H and O–H groups in total. The van der Waals surface area contributed by atoms with Crippen molar-refractivity contribution in [1.29, 1.82) is 5.26 Å². The zero-order valence-electron chi connectivity index (χ0n) is 26.8. The molecule has 1 fully saturated rings. The van der Waals surface area contributed by atoms with Gasteiger partial charge < -0.3 is 15.5 Å². The Labute approximate surface area is 279 Å². The molecular weight excluding hydrogens is 602 g/mol. The second-order valence-corrected chi connectivity index (χ2v) is 12.3. The number of carbonyl (C=O) groups excluding carboxylic acids is 1. The molecule has 48 heavy (non-hydrogen) atoms. The summed E-state index contributed by atoms with van der Waals surface area (Å²) in [5, 5.41) is 20.7. The number of anilines is 3. The molecule has 1 aliphatic carbocycles. The molecule has 5 heterocycles. The lowest BCUT2D eigenvalue weighted by Gasteiger charge is -2.36. The Morgan fingerprint density at radius 1 is 0.979 bits per heavy atom. The average Bonchev–Trinajstić information content (AvgIpc) is 3.58. The van der Waals surface area contributed by atoms with E-state index in [0.717, 1.165) is 60.9 Å². The number of amides is 2. The summed E-state index contributed by atoms with van der Waals surface area (Å²) in [5.41, 5.74) is 5.83. The van der Waals surface area contributed by atoms with Gasteiger partial charge in [0.15, 0.2) is 5.82 Å². The van der Waals surface area contributed by atoms with Gasteiger partial charge in [-0.3, -0.25) is 14.6 Å². The second-order valence-electron chi connectivity index (χ2n) is 12.3. The van der Waals surface area contributed by atoms with Crippen molar-refractivity contribution in [2.24, 2.45) is 7.05 Å². The number of aryl methyl sites for hydroxylation is 1. The Bertz CT molecular complexity index is 1910. The SMILES string of the molecule is Cn1cc(-c2ccc(N(C(=O)NCc3ccccc3)C3CCC(Nc4ncc(C#N)c(N5CCc6ccncc6C5)n4)CC3)nc2)cn1. The molecule has 4 aromatic heterocycles. The molecule has 12 nitrogen and oxygen atoms in total. The maximum absolute atomic E-state index is 13.8. The number of nitriles is 1. The maximum Gasteiger partial charge on any atom is 0.323 e. The van der Waals surface area contributed by atoms with Crippen molar-refractivity contribution < 1.29 is 4.79 Å². The zero-order chi connectivity index (χ0) is 32.9. The first-order valence-electron chi connectivity index (χ1n) is 16.3. The number of pyridine rings is 2. The number of carbonyl (C=O) groups is 1. The molecule has 5 aromatic rings. The van der Waals surface area contributed by atoms with Crippen LogP contribution in [0, 0.1) is 11.3 Å². The van der Waals surface area contributed by atoms with Crippen LogP contribution in [0.2, 0.25) is 0 Å². The first-order valence-corrected chi connectivity index (χ1v) is 16.3. The Morgan fingerprint density at radius 2 is 1.83 bits per heavy atom. The molecule has 242 valence electrons. The molecule has 7 rings (SSSR count). The summed E-state index contributed by atoms with van der Waals surface area (Å²) in [7, 11) is 1.88. The lowest BCUT2D eigenvalue weighted by molar-refractivity contribution is 0.240. The largest absolute Gasteiger partial charge is 0.351 e. The van der Waals surface area contributed by atoms with Crippen molar-refractivity contribution in [2.75, 3.05) is 21.7 Å². The van der Waals surface area contributed by atoms with Crippen LogP contribution in [-0.4, -0.2) is 54.4 Å². The number of nitrogens with one attached hydrogen (secondary N) is 2. The number of urea groups is 1. The third-order valence-corrected chi connectivity index (χ3v) is 9.14. The van der Waals surface area contributed by atoms with Crippen LogP contribution in [0.25, 0.3) is 11.1 Å². The second kappa shape index (κ2) is 13.9. The molecule has 0 bridgehead atoms. The molecule has 0 spiro atoms. The minimum Gasteiger partial charge on any atom is -0.351 e. The average molecular weight is 640 g/mol. The van der Waals surface area contributed by atoms with Gasteiger partial charge >= 0.3 is 6.03 Å². The van der Waals surface area contributed by atoms with Crippen LogP contribution in [0.3, 0.4) is 0 Å².